The monoisotopic (exact) mass is 387 g/mol. The molecule has 1 N–H and O–H groups in total. The molecule has 1 amide bonds. The largest absolute Gasteiger partial charge is 0.497 e. The Morgan fingerprint density at radius 2 is 1.93 bits per heavy atom. The van der Waals surface area contributed by atoms with Crippen molar-refractivity contribution in [3.05, 3.63) is 46.8 Å². The predicted octanol–water partition coefficient (Wildman–Crippen LogP) is 2.92. The van der Waals surface area contributed by atoms with Gasteiger partial charge in [-0.05, 0) is 24.6 Å². The molecule has 2 heterocycles. The van der Waals surface area contributed by atoms with Crippen LogP contribution in [-0.2, 0) is 4.74 Å². The number of methoxy groups -OCH3 is 1. The van der Waals surface area contributed by atoms with Crippen molar-refractivity contribution in [3.63, 3.8) is 0 Å². The highest BCUT2D eigenvalue weighted by atomic mass is 16.5. The van der Waals surface area contributed by atoms with E-state index in [9.17, 15) is 4.79 Å². The molecule has 1 fully saturated rings. The Hall–Kier alpha value is -2.38. The number of carbonyl (C=O) groups is 1. The van der Waals surface area contributed by atoms with Crippen LogP contribution in [0.15, 0.2) is 28.8 Å². The molecule has 3 rings (SSSR count). The number of amides is 1. The average molecular weight is 387 g/mol. The van der Waals surface area contributed by atoms with Crippen LogP contribution >= 0.6 is 0 Å². The second-order valence-electron chi connectivity index (χ2n) is 7.31. The van der Waals surface area contributed by atoms with Crippen molar-refractivity contribution >= 4 is 5.91 Å². The number of nitrogens with one attached hydrogen (secondary N) is 1. The summed E-state index contributed by atoms with van der Waals surface area (Å²) in [5.41, 5.74) is 2.30. The predicted molar refractivity (Wildman–Crippen MR) is 106 cm³/mol. The van der Waals surface area contributed by atoms with Crippen LogP contribution in [0.1, 0.15) is 53.2 Å². The van der Waals surface area contributed by atoms with E-state index in [0.717, 1.165) is 24.4 Å². The number of morpholine rings is 1. The maximum absolute atomic E-state index is 12.9. The minimum absolute atomic E-state index is 0.0569. The van der Waals surface area contributed by atoms with E-state index in [0.29, 0.717) is 36.8 Å². The second kappa shape index (κ2) is 9.21. The molecular formula is C21H29N3O4. The molecule has 1 aromatic heterocycles. The molecule has 1 aromatic carbocycles. The topological polar surface area (TPSA) is 76.8 Å². The molecule has 0 radical (unpaired) electrons. The third kappa shape index (κ3) is 4.54. The number of hydrogen-bond acceptors (Lipinski definition) is 6. The zero-order valence-corrected chi connectivity index (χ0v) is 17.0. The average Bonchev–Trinajstić information content (AvgIpc) is 3.11. The summed E-state index contributed by atoms with van der Waals surface area (Å²) in [7, 11) is 1.66. The van der Waals surface area contributed by atoms with Gasteiger partial charge in [-0.3, -0.25) is 9.69 Å². The first-order chi connectivity index (χ1) is 13.5. The molecular weight excluding hydrogens is 358 g/mol. The fraction of sp³-hybridized carbons (Fsp3) is 0.524. The molecule has 7 nitrogen and oxygen atoms in total. The molecule has 1 aliphatic heterocycles. The van der Waals surface area contributed by atoms with E-state index in [1.54, 1.807) is 14.0 Å². The summed E-state index contributed by atoms with van der Waals surface area (Å²) in [6, 6.07) is 8.06. The first-order valence-electron chi connectivity index (χ1n) is 9.71. The molecule has 0 aliphatic carbocycles. The van der Waals surface area contributed by atoms with Crippen LogP contribution < -0.4 is 10.1 Å². The standard InChI is InChI=1S/C21H29N3O4/c1-14(2)20-19(15(3)23-28-20)21(25)22-13-18(24-9-11-27-12-10-24)16-5-7-17(26-4)8-6-16/h5-8,14,18H,9-13H2,1-4H3,(H,22,25). The van der Waals surface area contributed by atoms with Crippen molar-refractivity contribution in [2.45, 2.75) is 32.7 Å². The van der Waals surface area contributed by atoms with Crippen molar-refractivity contribution in [1.82, 2.24) is 15.4 Å². The zero-order valence-electron chi connectivity index (χ0n) is 17.0. The van der Waals surface area contributed by atoms with Crippen molar-refractivity contribution in [2.24, 2.45) is 0 Å². The van der Waals surface area contributed by atoms with Crippen molar-refractivity contribution < 1.29 is 18.8 Å². The SMILES string of the molecule is COc1ccc(C(CNC(=O)c2c(C)noc2C(C)C)N2CCOCC2)cc1. The Labute approximate surface area is 166 Å². The van der Waals surface area contributed by atoms with Crippen molar-refractivity contribution in [3.8, 4) is 5.75 Å². The number of aryl methyl sites for hydroxylation is 1. The zero-order chi connectivity index (χ0) is 20.1. The molecule has 1 atom stereocenters. The van der Waals surface area contributed by atoms with Gasteiger partial charge in [-0.1, -0.05) is 31.1 Å². The number of rotatable bonds is 7. The molecule has 0 saturated carbocycles. The summed E-state index contributed by atoms with van der Waals surface area (Å²) in [4.78, 5) is 15.2. The van der Waals surface area contributed by atoms with Gasteiger partial charge in [-0.2, -0.15) is 0 Å². The summed E-state index contributed by atoms with van der Waals surface area (Å²) in [6.07, 6.45) is 0. The lowest BCUT2D eigenvalue weighted by molar-refractivity contribution is 0.0162. The molecule has 2 aromatic rings. The third-order valence-corrected chi connectivity index (χ3v) is 5.08. The van der Waals surface area contributed by atoms with Gasteiger partial charge in [0, 0.05) is 25.6 Å². The van der Waals surface area contributed by atoms with E-state index < -0.39 is 0 Å². The minimum atomic E-state index is -0.144. The number of benzene rings is 1. The van der Waals surface area contributed by atoms with Crippen LogP contribution in [0.25, 0.3) is 0 Å². The van der Waals surface area contributed by atoms with Gasteiger partial charge >= 0.3 is 0 Å². The number of ether oxygens (including phenoxy) is 2. The van der Waals surface area contributed by atoms with Gasteiger partial charge in [0.25, 0.3) is 5.91 Å². The quantitative estimate of drug-likeness (QED) is 0.787. The maximum Gasteiger partial charge on any atom is 0.256 e. The molecule has 28 heavy (non-hydrogen) atoms. The molecule has 1 unspecified atom stereocenters. The Balaban J connectivity index is 1.77. The van der Waals surface area contributed by atoms with Crippen LogP contribution in [0, 0.1) is 6.92 Å². The molecule has 1 aliphatic rings. The third-order valence-electron chi connectivity index (χ3n) is 5.08. The number of carbonyl (C=O) groups excluding carboxylic acids is 1. The van der Waals surface area contributed by atoms with Crippen LogP contribution in [0.3, 0.4) is 0 Å². The molecule has 7 heteroatoms. The van der Waals surface area contributed by atoms with Gasteiger partial charge in [-0.25, -0.2) is 0 Å². The second-order valence-corrected chi connectivity index (χ2v) is 7.31. The van der Waals surface area contributed by atoms with E-state index >= 15 is 0 Å². The Kier molecular flexibility index (Phi) is 6.70. The maximum atomic E-state index is 12.9. The summed E-state index contributed by atoms with van der Waals surface area (Å²) < 4.78 is 16.1. The van der Waals surface area contributed by atoms with Gasteiger partial charge in [0.2, 0.25) is 0 Å². The van der Waals surface area contributed by atoms with Gasteiger partial charge in [-0.15, -0.1) is 0 Å². The lowest BCUT2D eigenvalue weighted by atomic mass is 10.0. The highest BCUT2D eigenvalue weighted by Crippen LogP contribution is 2.25. The van der Waals surface area contributed by atoms with E-state index in [2.05, 4.69) is 27.5 Å². The van der Waals surface area contributed by atoms with E-state index in [1.165, 1.54) is 0 Å². The van der Waals surface area contributed by atoms with Gasteiger partial charge < -0.3 is 19.3 Å². The fourth-order valence-electron chi connectivity index (χ4n) is 3.51. The van der Waals surface area contributed by atoms with Crippen LogP contribution in [0.5, 0.6) is 5.75 Å². The molecule has 0 bridgehead atoms. The molecule has 1 saturated heterocycles. The summed E-state index contributed by atoms with van der Waals surface area (Å²) in [5.74, 6) is 1.39. The first-order valence-corrected chi connectivity index (χ1v) is 9.71. The van der Waals surface area contributed by atoms with Crippen molar-refractivity contribution in [2.75, 3.05) is 40.0 Å². The van der Waals surface area contributed by atoms with Crippen LogP contribution in [0.4, 0.5) is 0 Å². The van der Waals surface area contributed by atoms with Gasteiger partial charge in [0.15, 0.2) is 5.76 Å². The first kappa shape index (κ1) is 20.4. The molecule has 152 valence electrons. The Morgan fingerprint density at radius 3 is 2.54 bits per heavy atom. The van der Waals surface area contributed by atoms with Gasteiger partial charge in [0.1, 0.15) is 11.3 Å². The highest BCUT2D eigenvalue weighted by Gasteiger charge is 2.26. The summed E-state index contributed by atoms with van der Waals surface area (Å²) in [5, 5.41) is 7.07. The fourth-order valence-corrected chi connectivity index (χ4v) is 3.51. The number of hydrogen-bond donors (Lipinski definition) is 1. The Morgan fingerprint density at radius 1 is 1.25 bits per heavy atom. The van der Waals surface area contributed by atoms with E-state index in [-0.39, 0.29) is 17.9 Å². The number of nitrogens with zero attached hydrogens (tertiary/aromatic N) is 2. The lowest BCUT2D eigenvalue weighted by Crippen LogP contribution is -2.44. The number of aromatic nitrogens is 1. The van der Waals surface area contributed by atoms with Gasteiger partial charge in [0.05, 0.1) is 32.1 Å². The Bertz CT molecular complexity index is 779. The van der Waals surface area contributed by atoms with E-state index in [1.807, 2.05) is 26.0 Å². The van der Waals surface area contributed by atoms with Crippen LogP contribution in [-0.4, -0.2) is 55.9 Å². The summed E-state index contributed by atoms with van der Waals surface area (Å²) in [6.45, 7) is 9.33. The highest BCUT2D eigenvalue weighted by molar-refractivity contribution is 5.96. The summed E-state index contributed by atoms with van der Waals surface area (Å²) >= 11 is 0. The smallest absolute Gasteiger partial charge is 0.256 e. The van der Waals surface area contributed by atoms with Crippen LogP contribution in [0.2, 0.25) is 0 Å². The molecule has 0 spiro atoms. The lowest BCUT2D eigenvalue weighted by Gasteiger charge is -2.35. The van der Waals surface area contributed by atoms with E-state index in [4.69, 9.17) is 14.0 Å². The van der Waals surface area contributed by atoms with Crippen molar-refractivity contribution in [1.29, 1.82) is 0 Å². The normalized spacial score (nSPS) is 16.2. The minimum Gasteiger partial charge on any atom is -0.497 e.